The van der Waals surface area contributed by atoms with Crippen LogP contribution in [0.1, 0.15) is 50.6 Å². The van der Waals surface area contributed by atoms with Crippen molar-refractivity contribution in [1.29, 1.82) is 0 Å². The fourth-order valence-electron chi connectivity index (χ4n) is 1.93. The van der Waals surface area contributed by atoms with Gasteiger partial charge in [0.15, 0.2) is 5.82 Å². The molecular formula is C14H21N5. The van der Waals surface area contributed by atoms with Crippen molar-refractivity contribution in [3.63, 3.8) is 0 Å². The Hall–Kier alpha value is -1.75. The van der Waals surface area contributed by atoms with Crippen molar-refractivity contribution in [3.05, 3.63) is 35.7 Å². The van der Waals surface area contributed by atoms with Gasteiger partial charge in [-0.1, -0.05) is 20.8 Å². The van der Waals surface area contributed by atoms with Crippen molar-refractivity contribution in [3.8, 4) is 5.69 Å². The molecule has 0 aliphatic carbocycles. The number of nitrogens with zero attached hydrogens (tertiary/aromatic N) is 4. The van der Waals surface area contributed by atoms with E-state index in [4.69, 9.17) is 5.73 Å². The summed E-state index contributed by atoms with van der Waals surface area (Å²) < 4.78 is 1.87. The number of pyridine rings is 1. The zero-order chi connectivity index (χ0) is 13.8. The van der Waals surface area contributed by atoms with Gasteiger partial charge in [-0.2, -0.15) is 5.10 Å². The maximum atomic E-state index is 5.97. The molecule has 2 heterocycles. The first-order valence-electron chi connectivity index (χ1n) is 6.86. The number of rotatable bonds is 5. The van der Waals surface area contributed by atoms with Crippen LogP contribution in [0.4, 0.5) is 0 Å². The van der Waals surface area contributed by atoms with Crippen LogP contribution in [0.3, 0.4) is 0 Å². The van der Waals surface area contributed by atoms with Crippen molar-refractivity contribution < 1.29 is 0 Å². The van der Waals surface area contributed by atoms with E-state index in [0.29, 0.717) is 0 Å². The summed E-state index contributed by atoms with van der Waals surface area (Å²) in [6.45, 7) is 6.19. The molecule has 0 bridgehead atoms. The minimum atomic E-state index is 0.00152. The summed E-state index contributed by atoms with van der Waals surface area (Å²) in [6.07, 6.45) is 4.39. The summed E-state index contributed by atoms with van der Waals surface area (Å²) in [5.74, 6) is 1.83. The highest BCUT2D eigenvalue weighted by molar-refractivity contribution is 5.30. The molecule has 2 aromatic rings. The third-order valence-electron chi connectivity index (χ3n) is 3.19. The molecule has 0 radical (unpaired) electrons. The lowest BCUT2D eigenvalue weighted by atomic mass is 10.1. The molecule has 0 aromatic carbocycles. The predicted molar refractivity (Wildman–Crippen MR) is 75.1 cm³/mol. The number of hydrogen-bond acceptors (Lipinski definition) is 4. The van der Waals surface area contributed by atoms with Crippen LogP contribution in [0.2, 0.25) is 0 Å². The van der Waals surface area contributed by atoms with Crippen LogP contribution in [-0.4, -0.2) is 19.7 Å². The average molecular weight is 259 g/mol. The number of nitrogens with two attached hydrogens (primary N) is 1. The van der Waals surface area contributed by atoms with Crippen LogP contribution in [0.25, 0.3) is 5.69 Å². The fourth-order valence-corrected chi connectivity index (χ4v) is 1.93. The first kappa shape index (κ1) is 13.7. The van der Waals surface area contributed by atoms with Crippen molar-refractivity contribution in [2.75, 3.05) is 0 Å². The molecule has 0 spiro atoms. The van der Waals surface area contributed by atoms with Crippen LogP contribution in [-0.2, 0) is 12.8 Å². The topological polar surface area (TPSA) is 69.6 Å². The Morgan fingerprint density at radius 1 is 1.21 bits per heavy atom. The third kappa shape index (κ3) is 2.81. The highest BCUT2D eigenvalue weighted by Crippen LogP contribution is 2.14. The summed E-state index contributed by atoms with van der Waals surface area (Å²) in [4.78, 5) is 8.92. The summed E-state index contributed by atoms with van der Waals surface area (Å²) in [6, 6.07) is 3.98. The molecule has 0 aliphatic heterocycles. The molecule has 2 aromatic heterocycles. The highest BCUT2D eigenvalue weighted by atomic mass is 15.4. The van der Waals surface area contributed by atoms with Gasteiger partial charge < -0.3 is 5.73 Å². The van der Waals surface area contributed by atoms with Crippen LogP contribution in [0, 0.1) is 0 Å². The van der Waals surface area contributed by atoms with Gasteiger partial charge in [-0.05, 0) is 18.6 Å². The normalized spacial score (nSPS) is 12.6. The quantitative estimate of drug-likeness (QED) is 0.893. The molecule has 0 saturated carbocycles. The number of hydrogen-bond donors (Lipinski definition) is 1. The Bertz CT molecular complexity index is 529. The predicted octanol–water partition coefficient (Wildman–Crippen LogP) is 2.20. The van der Waals surface area contributed by atoms with Gasteiger partial charge in [-0.15, -0.1) is 0 Å². The van der Waals surface area contributed by atoms with Crippen molar-refractivity contribution >= 4 is 0 Å². The molecule has 102 valence electrons. The minimum absolute atomic E-state index is 0.00152. The largest absolute Gasteiger partial charge is 0.323 e. The lowest BCUT2D eigenvalue weighted by Crippen LogP contribution is -2.11. The van der Waals surface area contributed by atoms with Crippen LogP contribution >= 0.6 is 0 Å². The van der Waals surface area contributed by atoms with E-state index in [2.05, 4.69) is 35.8 Å². The summed E-state index contributed by atoms with van der Waals surface area (Å²) in [7, 11) is 0. The second kappa shape index (κ2) is 5.93. The average Bonchev–Trinajstić information content (AvgIpc) is 2.90. The minimum Gasteiger partial charge on any atom is -0.323 e. The third-order valence-corrected chi connectivity index (χ3v) is 3.19. The Morgan fingerprint density at radius 3 is 2.53 bits per heavy atom. The maximum Gasteiger partial charge on any atom is 0.151 e. The SMILES string of the molecule is CCc1nc(CC)n(-c2ccc([C@@H](N)CC)nc2)n1. The van der Waals surface area contributed by atoms with Gasteiger partial charge in [0.25, 0.3) is 0 Å². The van der Waals surface area contributed by atoms with Gasteiger partial charge in [0.05, 0.1) is 17.6 Å². The smallest absolute Gasteiger partial charge is 0.151 e. The Morgan fingerprint density at radius 2 is 2.00 bits per heavy atom. The lowest BCUT2D eigenvalue weighted by Gasteiger charge is -2.09. The lowest BCUT2D eigenvalue weighted by molar-refractivity contribution is 0.673. The van der Waals surface area contributed by atoms with Crippen LogP contribution in [0.15, 0.2) is 18.3 Å². The maximum absolute atomic E-state index is 5.97. The van der Waals surface area contributed by atoms with Gasteiger partial charge in [0, 0.05) is 18.9 Å². The molecule has 0 amide bonds. The molecular weight excluding hydrogens is 238 g/mol. The van der Waals surface area contributed by atoms with E-state index in [1.165, 1.54) is 0 Å². The van der Waals surface area contributed by atoms with Gasteiger partial charge >= 0.3 is 0 Å². The van der Waals surface area contributed by atoms with Crippen molar-refractivity contribution in [2.24, 2.45) is 5.73 Å². The molecule has 5 nitrogen and oxygen atoms in total. The van der Waals surface area contributed by atoms with Gasteiger partial charge in [0.1, 0.15) is 5.82 Å². The Balaban J connectivity index is 2.34. The highest BCUT2D eigenvalue weighted by Gasteiger charge is 2.10. The van der Waals surface area contributed by atoms with E-state index in [1.54, 1.807) is 0 Å². The Labute approximate surface area is 113 Å². The molecule has 0 unspecified atom stereocenters. The molecule has 1 atom stereocenters. The molecule has 5 heteroatoms. The first-order valence-corrected chi connectivity index (χ1v) is 6.86. The van der Waals surface area contributed by atoms with Crippen molar-refractivity contribution in [1.82, 2.24) is 19.7 Å². The fraction of sp³-hybridized carbons (Fsp3) is 0.500. The number of aromatic nitrogens is 4. The van der Waals surface area contributed by atoms with Gasteiger partial charge in [0.2, 0.25) is 0 Å². The molecule has 2 rings (SSSR count). The zero-order valence-electron chi connectivity index (χ0n) is 11.8. The van der Waals surface area contributed by atoms with E-state index in [9.17, 15) is 0 Å². The standard InChI is InChI=1S/C14H21N5/c1-4-11(15)12-8-7-10(9-16-12)19-14(6-3)17-13(5-2)18-19/h7-9,11H,4-6,15H2,1-3H3/t11-/m0/s1. The molecule has 0 saturated heterocycles. The van der Waals surface area contributed by atoms with E-state index in [1.807, 2.05) is 23.0 Å². The second-order valence-corrected chi connectivity index (χ2v) is 4.52. The van der Waals surface area contributed by atoms with Crippen LogP contribution < -0.4 is 5.73 Å². The van der Waals surface area contributed by atoms with E-state index < -0.39 is 0 Å². The number of aryl methyl sites for hydroxylation is 2. The summed E-state index contributed by atoms with van der Waals surface area (Å²) in [5.41, 5.74) is 7.83. The Kier molecular flexibility index (Phi) is 4.27. The molecule has 0 fully saturated rings. The van der Waals surface area contributed by atoms with Crippen molar-refractivity contribution in [2.45, 2.75) is 46.1 Å². The van der Waals surface area contributed by atoms with E-state index in [-0.39, 0.29) is 6.04 Å². The van der Waals surface area contributed by atoms with Gasteiger partial charge in [-0.3, -0.25) is 4.98 Å². The summed E-state index contributed by atoms with van der Waals surface area (Å²) >= 11 is 0. The second-order valence-electron chi connectivity index (χ2n) is 4.52. The van der Waals surface area contributed by atoms with E-state index in [0.717, 1.165) is 42.3 Å². The molecule has 2 N–H and O–H groups in total. The summed E-state index contributed by atoms with van der Waals surface area (Å²) in [5, 5.41) is 4.50. The van der Waals surface area contributed by atoms with Gasteiger partial charge in [-0.25, -0.2) is 9.67 Å². The first-order chi connectivity index (χ1) is 9.19. The van der Waals surface area contributed by atoms with Crippen LogP contribution in [0.5, 0.6) is 0 Å². The monoisotopic (exact) mass is 259 g/mol. The molecule has 19 heavy (non-hydrogen) atoms. The van der Waals surface area contributed by atoms with E-state index >= 15 is 0 Å². The zero-order valence-corrected chi connectivity index (χ0v) is 11.8. The molecule has 0 aliphatic rings.